The topological polar surface area (TPSA) is 56.3 Å². The molecule has 1 heterocycles. The van der Waals surface area contributed by atoms with Crippen LogP contribution in [0.3, 0.4) is 0 Å². The Hall–Kier alpha value is -2.30. The minimum atomic E-state index is -4.92. The summed E-state index contributed by atoms with van der Waals surface area (Å²) in [4.78, 5) is 2.47. The van der Waals surface area contributed by atoms with Crippen molar-refractivity contribution in [3.05, 3.63) is 53.7 Å². The average molecular weight is 371 g/mol. The lowest BCUT2D eigenvalue weighted by molar-refractivity contribution is -0.139. The van der Waals surface area contributed by atoms with E-state index in [0.717, 1.165) is 12.3 Å². The SMILES string of the molecule is O=S(=O)(Oc1ncccc1C(F)(F)F)c1ccc(C(F)(F)F)cc1. The number of halogens is 6. The lowest BCUT2D eigenvalue weighted by Crippen LogP contribution is -2.15. The van der Waals surface area contributed by atoms with Gasteiger partial charge in [0.15, 0.2) is 0 Å². The number of aromatic nitrogens is 1. The van der Waals surface area contributed by atoms with Crippen molar-refractivity contribution in [3.63, 3.8) is 0 Å². The van der Waals surface area contributed by atoms with E-state index in [9.17, 15) is 34.8 Å². The molecule has 0 radical (unpaired) electrons. The van der Waals surface area contributed by atoms with Gasteiger partial charge < -0.3 is 4.18 Å². The normalized spacial score (nSPS) is 12.9. The van der Waals surface area contributed by atoms with Gasteiger partial charge in [0.05, 0.1) is 5.56 Å². The molecule has 0 saturated carbocycles. The van der Waals surface area contributed by atoms with Crippen molar-refractivity contribution in [1.29, 1.82) is 0 Å². The summed E-state index contributed by atoms with van der Waals surface area (Å²) < 4.78 is 104. The Morgan fingerprint density at radius 1 is 0.875 bits per heavy atom. The van der Waals surface area contributed by atoms with Crippen LogP contribution < -0.4 is 4.18 Å². The Morgan fingerprint density at radius 3 is 1.96 bits per heavy atom. The molecule has 11 heteroatoms. The fraction of sp³-hybridized carbons (Fsp3) is 0.154. The summed E-state index contributed by atoms with van der Waals surface area (Å²) in [5.74, 6) is -1.22. The molecular weight excluding hydrogens is 364 g/mol. The molecule has 0 saturated heterocycles. The molecule has 0 spiro atoms. The van der Waals surface area contributed by atoms with Gasteiger partial charge in [0.2, 0.25) is 5.88 Å². The molecular formula is C13H7F6NO3S. The Kier molecular flexibility index (Phi) is 4.48. The summed E-state index contributed by atoms with van der Waals surface area (Å²) in [5.41, 5.74) is -2.55. The van der Waals surface area contributed by atoms with Gasteiger partial charge in [-0.15, -0.1) is 0 Å². The van der Waals surface area contributed by atoms with Gasteiger partial charge in [-0.05, 0) is 36.4 Å². The summed E-state index contributed by atoms with van der Waals surface area (Å²) in [5, 5.41) is 0. The van der Waals surface area contributed by atoms with Gasteiger partial charge in [-0.3, -0.25) is 0 Å². The highest BCUT2D eigenvalue weighted by Crippen LogP contribution is 2.36. The zero-order chi connectivity index (χ0) is 18.2. The Bertz CT molecular complexity index is 828. The Morgan fingerprint density at radius 2 is 1.46 bits per heavy atom. The summed E-state index contributed by atoms with van der Waals surface area (Å²) in [6.07, 6.45) is -8.72. The molecule has 0 aliphatic carbocycles. The second-order valence-corrected chi connectivity index (χ2v) is 5.96. The number of hydrogen-bond donors (Lipinski definition) is 0. The maximum atomic E-state index is 12.8. The molecule has 0 fully saturated rings. The third kappa shape index (κ3) is 3.96. The highest BCUT2D eigenvalue weighted by molar-refractivity contribution is 7.87. The first-order chi connectivity index (χ1) is 10.9. The first-order valence-corrected chi connectivity index (χ1v) is 7.46. The van der Waals surface area contributed by atoms with E-state index in [1.807, 2.05) is 0 Å². The van der Waals surface area contributed by atoms with Crippen molar-refractivity contribution in [2.75, 3.05) is 0 Å². The largest absolute Gasteiger partial charge is 0.421 e. The van der Waals surface area contributed by atoms with Gasteiger partial charge >= 0.3 is 22.5 Å². The molecule has 0 bridgehead atoms. The van der Waals surface area contributed by atoms with E-state index < -0.39 is 44.4 Å². The molecule has 0 aliphatic heterocycles. The van der Waals surface area contributed by atoms with Crippen LogP contribution in [0.2, 0.25) is 0 Å². The lowest BCUT2D eigenvalue weighted by Gasteiger charge is -2.12. The summed E-state index contributed by atoms with van der Waals surface area (Å²) >= 11 is 0. The molecule has 4 nitrogen and oxygen atoms in total. The summed E-state index contributed by atoms with van der Waals surface area (Å²) in [7, 11) is -4.79. The van der Waals surface area contributed by atoms with E-state index in [-0.39, 0.29) is 0 Å². The monoisotopic (exact) mass is 371 g/mol. The van der Waals surface area contributed by atoms with Crippen molar-refractivity contribution < 1.29 is 38.9 Å². The first-order valence-electron chi connectivity index (χ1n) is 6.05. The zero-order valence-corrected chi connectivity index (χ0v) is 12.2. The molecule has 2 rings (SSSR count). The molecule has 24 heavy (non-hydrogen) atoms. The van der Waals surface area contributed by atoms with Crippen LogP contribution in [-0.2, 0) is 22.5 Å². The van der Waals surface area contributed by atoms with Gasteiger partial charge in [0, 0.05) is 6.20 Å². The number of pyridine rings is 1. The number of nitrogens with zero attached hydrogens (tertiary/aromatic N) is 1. The minimum absolute atomic E-state index is 0.472. The lowest BCUT2D eigenvalue weighted by atomic mass is 10.2. The van der Waals surface area contributed by atoms with Crippen molar-refractivity contribution in [2.24, 2.45) is 0 Å². The molecule has 0 unspecified atom stereocenters. The van der Waals surface area contributed by atoms with E-state index in [0.29, 0.717) is 30.3 Å². The van der Waals surface area contributed by atoms with Crippen LogP contribution in [0.5, 0.6) is 5.88 Å². The highest BCUT2D eigenvalue weighted by Gasteiger charge is 2.37. The smallest absolute Gasteiger partial charge is 0.358 e. The van der Waals surface area contributed by atoms with Crippen molar-refractivity contribution in [2.45, 2.75) is 17.2 Å². The third-order valence-corrected chi connectivity index (χ3v) is 3.96. The molecule has 1 aromatic carbocycles. The van der Waals surface area contributed by atoms with E-state index in [1.54, 1.807) is 0 Å². The van der Waals surface area contributed by atoms with Crippen LogP contribution in [0.25, 0.3) is 0 Å². The second-order valence-electron chi connectivity index (χ2n) is 4.41. The van der Waals surface area contributed by atoms with Crippen molar-refractivity contribution in [3.8, 4) is 5.88 Å². The van der Waals surface area contributed by atoms with Crippen LogP contribution >= 0.6 is 0 Å². The zero-order valence-electron chi connectivity index (χ0n) is 11.4. The number of benzene rings is 1. The fourth-order valence-corrected chi connectivity index (χ4v) is 2.54. The summed E-state index contributed by atoms with van der Waals surface area (Å²) in [6.45, 7) is 0. The van der Waals surface area contributed by atoms with Crippen molar-refractivity contribution in [1.82, 2.24) is 4.98 Å². The number of hydrogen-bond acceptors (Lipinski definition) is 4. The highest BCUT2D eigenvalue weighted by atomic mass is 32.2. The molecule has 0 atom stereocenters. The Balaban J connectivity index is 2.37. The molecule has 0 aliphatic rings. The Labute approximate surface area is 131 Å². The van der Waals surface area contributed by atoms with E-state index in [2.05, 4.69) is 9.17 Å². The molecule has 0 N–H and O–H groups in total. The van der Waals surface area contributed by atoms with Gasteiger partial charge in [0.25, 0.3) is 0 Å². The molecule has 130 valence electrons. The predicted molar refractivity (Wildman–Crippen MR) is 68.5 cm³/mol. The van der Waals surface area contributed by atoms with Gasteiger partial charge in [-0.2, -0.15) is 34.8 Å². The number of rotatable bonds is 3. The van der Waals surface area contributed by atoms with Crippen LogP contribution in [0.1, 0.15) is 11.1 Å². The average Bonchev–Trinajstić information content (AvgIpc) is 2.45. The maximum Gasteiger partial charge on any atom is 0.421 e. The molecule has 0 amide bonds. The van der Waals surface area contributed by atoms with Gasteiger partial charge in [0.1, 0.15) is 10.5 Å². The van der Waals surface area contributed by atoms with E-state index in [4.69, 9.17) is 0 Å². The van der Waals surface area contributed by atoms with Gasteiger partial charge in [-0.25, -0.2) is 4.98 Å². The quantitative estimate of drug-likeness (QED) is 0.607. The van der Waals surface area contributed by atoms with Crippen LogP contribution in [0.4, 0.5) is 26.3 Å². The predicted octanol–water partition coefficient (Wildman–Crippen LogP) is 3.89. The fourth-order valence-electron chi connectivity index (χ4n) is 1.64. The van der Waals surface area contributed by atoms with Crippen LogP contribution in [0.15, 0.2) is 47.5 Å². The summed E-state index contributed by atoms with van der Waals surface area (Å²) in [6, 6.07) is 3.59. The standard InChI is InChI=1S/C13H7F6NO3S/c14-12(15,16)8-3-5-9(6-4-8)24(21,22)23-11-10(13(17,18)19)2-1-7-20-11/h1-7H. The second kappa shape index (κ2) is 5.96. The molecule has 2 aromatic rings. The van der Waals surface area contributed by atoms with E-state index >= 15 is 0 Å². The van der Waals surface area contributed by atoms with Crippen LogP contribution in [-0.4, -0.2) is 13.4 Å². The van der Waals surface area contributed by atoms with Crippen LogP contribution in [0, 0.1) is 0 Å². The van der Waals surface area contributed by atoms with Crippen molar-refractivity contribution >= 4 is 10.1 Å². The minimum Gasteiger partial charge on any atom is -0.358 e. The first kappa shape index (κ1) is 18.0. The van der Waals surface area contributed by atoms with E-state index in [1.165, 1.54) is 0 Å². The maximum absolute atomic E-state index is 12.8. The third-order valence-electron chi connectivity index (χ3n) is 2.74. The van der Waals surface area contributed by atoms with Gasteiger partial charge in [-0.1, -0.05) is 0 Å². The number of alkyl halides is 6. The molecule has 1 aromatic heterocycles.